The summed E-state index contributed by atoms with van der Waals surface area (Å²) < 4.78 is 1.39. The Hall–Kier alpha value is -3.47. The number of amides is 1. The van der Waals surface area contributed by atoms with E-state index in [2.05, 4.69) is 4.98 Å². The lowest BCUT2D eigenvalue weighted by Gasteiger charge is -2.18. The Morgan fingerprint density at radius 1 is 1.04 bits per heavy atom. The molecule has 4 rings (SSSR count). The molecule has 2 aromatic carbocycles. The van der Waals surface area contributed by atoms with Gasteiger partial charge in [0.1, 0.15) is 11.2 Å². The molecule has 2 heterocycles. The molecule has 0 saturated carbocycles. The minimum Gasteiger partial charge on any atom is -0.337 e. The maximum absolute atomic E-state index is 12.8. The summed E-state index contributed by atoms with van der Waals surface area (Å²) in [5, 5.41) is 2.22. The molecule has 128 valence electrons. The second-order valence-corrected chi connectivity index (χ2v) is 6.21. The van der Waals surface area contributed by atoms with Gasteiger partial charge in [0.25, 0.3) is 11.5 Å². The number of carbonyl (C=O) groups is 1. The first-order chi connectivity index (χ1) is 12.6. The summed E-state index contributed by atoms with van der Waals surface area (Å²) in [6.45, 7) is 0.414. The fraction of sp³-hybridized carbons (Fsp3) is 0.0952. The Labute approximate surface area is 150 Å². The fourth-order valence-corrected chi connectivity index (χ4v) is 3.14. The van der Waals surface area contributed by atoms with E-state index in [1.165, 1.54) is 10.6 Å². The van der Waals surface area contributed by atoms with E-state index in [9.17, 15) is 9.59 Å². The van der Waals surface area contributed by atoms with Gasteiger partial charge in [-0.2, -0.15) is 0 Å². The molecule has 0 radical (unpaired) electrons. The molecule has 0 saturated heterocycles. The van der Waals surface area contributed by atoms with Gasteiger partial charge in [0.15, 0.2) is 0 Å². The van der Waals surface area contributed by atoms with Crippen LogP contribution < -0.4 is 5.56 Å². The van der Waals surface area contributed by atoms with Crippen molar-refractivity contribution in [3.8, 4) is 0 Å². The Morgan fingerprint density at radius 3 is 2.69 bits per heavy atom. The van der Waals surface area contributed by atoms with Gasteiger partial charge in [-0.1, -0.05) is 48.5 Å². The zero-order chi connectivity index (χ0) is 18.1. The zero-order valence-corrected chi connectivity index (χ0v) is 14.3. The maximum Gasteiger partial charge on any atom is 0.270 e. The van der Waals surface area contributed by atoms with Gasteiger partial charge >= 0.3 is 0 Å². The highest BCUT2D eigenvalue weighted by atomic mass is 16.2. The van der Waals surface area contributed by atoms with Crippen LogP contribution in [0.3, 0.4) is 0 Å². The smallest absolute Gasteiger partial charge is 0.270 e. The van der Waals surface area contributed by atoms with E-state index in [0.29, 0.717) is 12.2 Å². The molecule has 0 atom stereocenters. The fourth-order valence-electron chi connectivity index (χ4n) is 3.14. The molecule has 0 spiro atoms. The minimum atomic E-state index is -0.356. The normalized spacial score (nSPS) is 11.0. The molecule has 0 bridgehead atoms. The maximum atomic E-state index is 12.8. The molecule has 0 aliphatic rings. The largest absolute Gasteiger partial charge is 0.337 e. The van der Waals surface area contributed by atoms with Gasteiger partial charge in [-0.15, -0.1) is 0 Å². The lowest BCUT2D eigenvalue weighted by molar-refractivity contribution is 0.0783. The molecule has 5 heteroatoms. The van der Waals surface area contributed by atoms with Crippen molar-refractivity contribution in [2.45, 2.75) is 6.54 Å². The van der Waals surface area contributed by atoms with Crippen molar-refractivity contribution in [2.24, 2.45) is 0 Å². The molecular formula is C21H17N3O2. The van der Waals surface area contributed by atoms with E-state index in [1.54, 1.807) is 36.3 Å². The summed E-state index contributed by atoms with van der Waals surface area (Å²) >= 11 is 0. The first-order valence-electron chi connectivity index (χ1n) is 8.33. The molecule has 0 N–H and O–H groups in total. The number of pyridine rings is 1. The number of hydrogen-bond donors (Lipinski definition) is 0. The average Bonchev–Trinajstić information content (AvgIpc) is 2.68. The molecule has 0 aliphatic carbocycles. The first kappa shape index (κ1) is 16.0. The third-order valence-corrected chi connectivity index (χ3v) is 4.48. The number of hydrogen-bond acceptors (Lipinski definition) is 3. The van der Waals surface area contributed by atoms with Gasteiger partial charge in [-0.05, 0) is 28.5 Å². The first-order valence-corrected chi connectivity index (χ1v) is 8.33. The van der Waals surface area contributed by atoms with Crippen LogP contribution in [0.25, 0.3) is 16.4 Å². The molecule has 0 fully saturated rings. The second-order valence-electron chi connectivity index (χ2n) is 6.21. The lowest BCUT2D eigenvalue weighted by atomic mass is 10.0. The van der Waals surface area contributed by atoms with Gasteiger partial charge in [0, 0.05) is 26.0 Å². The highest BCUT2D eigenvalue weighted by Gasteiger charge is 2.18. The Morgan fingerprint density at radius 2 is 1.81 bits per heavy atom. The van der Waals surface area contributed by atoms with Crippen LogP contribution >= 0.6 is 0 Å². The molecule has 0 unspecified atom stereocenters. The van der Waals surface area contributed by atoms with E-state index in [0.717, 1.165) is 16.3 Å². The van der Waals surface area contributed by atoms with Gasteiger partial charge < -0.3 is 4.90 Å². The Kier molecular flexibility index (Phi) is 3.97. The number of carbonyl (C=O) groups excluding carboxylic acids is 1. The number of aromatic nitrogens is 2. The summed E-state index contributed by atoms with van der Waals surface area (Å²) in [4.78, 5) is 31.2. The van der Waals surface area contributed by atoms with Gasteiger partial charge in [-0.3, -0.25) is 14.0 Å². The van der Waals surface area contributed by atoms with Crippen LogP contribution in [0, 0.1) is 0 Å². The van der Waals surface area contributed by atoms with Gasteiger partial charge in [-0.25, -0.2) is 4.98 Å². The highest BCUT2D eigenvalue weighted by Crippen LogP contribution is 2.20. The SMILES string of the molecule is CN(Cc1cccc2ccccc12)C(=O)c1cnc2ccccn2c1=O. The van der Waals surface area contributed by atoms with Crippen molar-refractivity contribution in [2.75, 3.05) is 7.05 Å². The van der Waals surface area contributed by atoms with E-state index < -0.39 is 0 Å². The zero-order valence-electron chi connectivity index (χ0n) is 14.3. The van der Waals surface area contributed by atoms with Crippen molar-refractivity contribution in [3.05, 3.63) is 94.5 Å². The van der Waals surface area contributed by atoms with Crippen molar-refractivity contribution in [3.63, 3.8) is 0 Å². The highest BCUT2D eigenvalue weighted by molar-refractivity contribution is 5.94. The molecule has 4 aromatic rings. The monoisotopic (exact) mass is 343 g/mol. The number of rotatable bonds is 3. The van der Waals surface area contributed by atoms with Crippen LogP contribution in [0.15, 0.2) is 77.9 Å². The van der Waals surface area contributed by atoms with Crippen molar-refractivity contribution in [1.82, 2.24) is 14.3 Å². The van der Waals surface area contributed by atoms with Crippen LogP contribution in [-0.4, -0.2) is 27.2 Å². The third-order valence-electron chi connectivity index (χ3n) is 4.48. The van der Waals surface area contributed by atoms with Crippen LogP contribution in [-0.2, 0) is 6.54 Å². The van der Waals surface area contributed by atoms with Gasteiger partial charge in [0.2, 0.25) is 0 Å². The lowest BCUT2D eigenvalue weighted by Crippen LogP contribution is -2.33. The molecule has 2 aromatic heterocycles. The van der Waals surface area contributed by atoms with E-state index >= 15 is 0 Å². The van der Waals surface area contributed by atoms with E-state index in [4.69, 9.17) is 0 Å². The summed E-state index contributed by atoms with van der Waals surface area (Å²) in [5.41, 5.74) is 1.26. The average molecular weight is 343 g/mol. The number of fused-ring (bicyclic) bond motifs is 2. The summed E-state index contributed by atoms with van der Waals surface area (Å²) in [7, 11) is 1.70. The standard InChI is InChI=1S/C21H17N3O2/c1-23(14-16-9-6-8-15-7-2-3-10-17(15)16)20(25)18-13-22-19-11-4-5-12-24(19)21(18)26/h2-13H,14H2,1H3. The van der Waals surface area contributed by atoms with Gasteiger partial charge in [0.05, 0.1) is 0 Å². The van der Waals surface area contributed by atoms with Crippen molar-refractivity contribution < 1.29 is 4.79 Å². The predicted octanol–water partition coefficient (Wildman–Crippen LogP) is 3.12. The van der Waals surface area contributed by atoms with Crippen LogP contribution in [0.4, 0.5) is 0 Å². The van der Waals surface area contributed by atoms with Crippen LogP contribution in [0.2, 0.25) is 0 Å². The summed E-state index contributed by atoms with van der Waals surface area (Å²) in [6.07, 6.45) is 2.98. The molecule has 26 heavy (non-hydrogen) atoms. The van der Waals surface area contributed by atoms with Crippen molar-refractivity contribution in [1.29, 1.82) is 0 Å². The molecule has 5 nitrogen and oxygen atoms in total. The number of benzene rings is 2. The molecule has 1 amide bonds. The number of nitrogens with zero attached hydrogens (tertiary/aromatic N) is 3. The molecule has 0 aliphatic heterocycles. The molecular weight excluding hydrogens is 326 g/mol. The summed E-state index contributed by atoms with van der Waals surface area (Å²) in [6, 6.07) is 19.3. The van der Waals surface area contributed by atoms with E-state index in [-0.39, 0.29) is 17.0 Å². The van der Waals surface area contributed by atoms with Crippen LogP contribution in [0.5, 0.6) is 0 Å². The third kappa shape index (κ3) is 2.73. The second kappa shape index (κ2) is 6.44. The predicted molar refractivity (Wildman–Crippen MR) is 101 cm³/mol. The Bertz CT molecular complexity index is 1180. The minimum absolute atomic E-state index is 0.0661. The van der Waals surface area contributed by atoms with Crippen LogP contribution in [0.1, 0.15) is 15.9 Å². The Balaban J connectivity index is 1.68. The van der Waals surface area contributed by atoms with Crippen molar-refractivity contribution >= 4 is 22.3 Å². The van der Waals surface area contributed by atoms with E-state index in [1.807, 2.05) is 42.5 Å². The quantitative estimate of drug-likeness (QED) is 0.574. The summed E-state index contributed by atoms with van der Waals surface area (Å²) in [5.74, 6) is -0.339. The topological polar surface area (TPSA) is 54.7 Å².